The predicted molar refractivity (Wildman–Crippen MR) is 75.9 cm³/mol. The lowest BCUT2D eigenvalue weighted by Gasteiger charge is -2.33. The van der Waals surface area contributed by atoms with Crippen molar-refractivity contribution in [3.63, 3.8) is 0 Å². The Morgan fingerprint density at radius 1 is 1.19 bits per heavy atom. The molecule has 0 aromatic carbocycles. The lowest BCUT2D eigenvalue weighted by Crippen LogP contribution is -2.46. The molecule has 0 aromatic heterocycles. The Morgan fingerprint density at radius 2 is 1.76 bits per heavy atom. The molecule has 1 rings (SSSR count). The molecule has 0 atom stereocenters. The number of nitrogens with two attached hydrogens (primary N) is 1. The second kappa shape index (κ2) is 7.26. The number of likely N-dealkylation sites (tertiary alicyclic amines) is 1. The molecule has 0 aliphatic carbocycles. The molecule has 8 heteroatoms. The number of hydrogen-bond donors (Lipinski definition) is 3. The second-order valence-electron chi connectivity index (χ2n) is 6.09. The molecular formula is C13H24N4O4. The smallest absolute Gasteiger partial charge is 0.410 e. The van der Waals surface area contributed by atoms with E-state index in [-0.39, 0.29) is 12.0 Å². The van der Waals surface area contributed by atoms with Crippen LogP contribution in [-0.2, 0) is 14.3 Å². The lowest BCUT2D eigenvalue weighted by molar-refractivity contribution is -0.139. The second-order valence-corrected chi connectivity index (χ2v) is 6.09. The Hall–Kier alpha value is -1.83. The predicted octanol–water partition coefficient (Wildman–Crippen LogP) is -0.260. The monoisotopic (exact) mass is 300 g/mol. The van der Waals surface area contributed by atoms with Gasteiger partial charge in [-0.15, -0.1) is 0 Å². The van der Waals surface area contributed by atoms with Crippen LogP contribution in [0.5, 0.6) is 0 Å². The van der Waals surface area contributed by atoms with Gasteiger partial charge in [-0.1, -0.05) is 0 Å². The van der Waals surface area contributed by atoms with Gasteiger partial charge < -0.3 is 15.0 Å². The van der Waals surface area contributed by atoms with Crippen LogP contribution in [0.25, 0.3) is 0 Å². The third kappa shape index (κ3) is 5.99. The van der Waals surface area contributed by atoms with Gasteiger partial charge in [-0.2, -0.15) is 0 Å². The van der Waals surface area contributed by atoms with Crippen molar-refractivity contribution >= 4 is 17.9 Å². The maximum Gasteiger partial charge on any atom is 0.410 e. The molecule has 4 N–H and O–H groups in total. The largest absolute Gasteiger partial charge is 0.444 e. The summed E-state index contributed by atoms with van der Waals surface area (Å²) >= 11 is 0. The Bertz CT molecular complexity index is 397. The van der Waals surface area contributed by atoms with Crippen molar-refractivity contribution in [2.45, 2.75) is 39.2 Å². The molecule has 8 nitrogen and oxygen atoms in total. The van der Waals surface area contributed by atoms with E-state index < -0.39 is 17.4 Å². The van der Waals surface area contributed by atoms with Crippen molar-refractivity contribution in [2.24, 2.45) is 11.8 Å². The van der Waals surface area contributed by atoms with Crippen LogP contribution < -0.4 is 16.6 Å². The standard InChI is InChI=1S/C13H24N4O4/c1-13(2,3)21-12(20)17-6-4-9(5-7-17)8-15-10(18)11(19)16-14/h9H,4-8,14H2,1-3H3,(H,15,18)(H,16,19). The fraction of sp³-hybridized carbons (Fsp3) is 0.769. The van der Waals surface area contributed by atoms with Crippen molar-refractivity contribution in [1.82, 2.24) is 15.6 Å². The first-order chi connectivity index (χ1) is 9.73. The van der Waals surface area contributed by atoms with Gasteiger partial charge >= 0.3 is 17.9 Å². The molecule has 1 fully saturated rings. The maximum absolute atomic E-state index is 11.9. The van der Waals surface area contributed by atoms with E-state index in [4.69, 9.17) is 10.6 Å². The van der Waals surface area contributed by atoms with Crippen molar-refractivity contribution in [2.75, 3.05) is 19.6 Å². The third-order valence-corrected chi connectivity index (χ3v) is 3.15. The van der Waals surface area contributed by atoms with Crippen molar-refractivity contribution < 1.29 is 19.1 Å². The summed E-state index contributed by atoms with van der Waals surface area (Å²) in [6.45, 7) is 7.05. The molecule has 0 unspecified atom stereocenters. The SMILES string of the molecule is CC(C)(C)OC(=O)N1CCC(CNC(=O)C(=O)NN)CC1. The summed E-state index contributed by atoms with van der Waals surface area (Å²) in [7, 11) is 0. The van der Waals surface area contributed by atoms with Gasteiger partial charge in [0.2, 0.25) is 0 Å². The molecular weight excluding hydrogens is 276 g/mol. The van der Waals surface area contributed by atoms with Crippen LogP contribution in [0.15, 0.2) is 0 Å². The highest BCUT2D eigenvalue weighted by atomic mass is 16.6. The van der Waals surface area contributed by atoms with E-state index in [1.165, 1.54) is 0 Å². The third-order valence-electron chi connectivity index (χ3n) is 3.15. The highest BCUT2D eigenvalue weighted by molar-refractivity contribution is 6.34. The van der Waals surface area contributed by atoms with Gasteiger partial charge in [-0.05, 0) is 39.5 Å². The minimum atomic E-state index is -0.860. The van der Waals surface area contributed by atoms with Gasteiger partial charge in [0.05, 0.1) is 0 Å². The molecule has 0 radical (unpaired) electrons. The molecule has 0 spiro atoms. The lowest BCUT2D eigenvalue weighted by atomic mass is 9.97. The molecule has 0 aromatic rings. The van der Waals surface area contributed by atoms with Crippen LogP contribution >= 0.6 is 0 Å². The van der Waals surface area contributed by atoms with Crippen molar-refractivity contribution in [1.29, 1.82) is 0 Å². The average Bonchev–Trinajstić information content (AvgIpc) is 2.42. The van der Waals surface area contributed by atoms with Crippen LogP contribution in [0.4, 0.5) is 4.79 Å². The van der Waals surface area contributed by atoms with Crippen LogP contribution in [0, 0.1) is 5.92 Å². The van der Waals surface area contributed by atoms with Gasteiger partial charge in [0.25, 0.3) is 0 Å². The number of nitrogens with zero attached hydrogens (tertiary/aromatic N) is 1. The fourth-order valence-corrected chi connectivity index (χ4v) is 2.03. The van der Waals surface area contributed by atoms with E-state index in [9.17, 15) is 14.4 Å². The van der Waals surface area contributed by atoms with Crippen molar-refractivity contribution in [3.8, 4) is 0 Å². The topological polar surface area (TPSA) is 114 Å². The average molecular weight is 300 g/mol. The Morgan fingerprint density at radius 3 is 2.24 bits per heavy atom. The summed E-state index contributed by atoms with van der Waals surface area (Å²) in [6.07, 6.45) is 1.19. The minimum Gasteiger partial charge on any atom is -0.444 e. The first kappa shape index (κ1) is 17.2. The zero-order chi connectivity index (χ0) is 16.0. The zero-order valence-electron chi connectivity index (χ0n) is 12.8. The van der Waals surface area contributed by atoms with Crippen molar-refractivity contribution in [3.05, 3.63) is 0 Å². The number of hydrazine groups is 1. The Kier molecular flexibility index (Phi) is 5.95. The summed E-state index contributed by atoms with van der Waals surface area (Å²) in [5, 5.41) is 2.52. The number of nitrogens with one attached hydrogen (secondary N) is 2. The molecule has 1 aliphatic heterocycles. The Balaban J connectivity index is 2.31. The van der Waals surface area contributed by atoms with E-state index in [0.717, 1.165) is 12.8 Å². The first-order valence-corrected chi connectivity index (χ1v) is 6.99. The molecule has 1 aliphatic rings. The highest BCUT2D eigenvalue weighted by Crippen LogP contribution is 2.19. The number of ether oxygens (including phenoxy) is 1. The van der Waals surface area contributed by atoms with E-state index in [0.29, 0.717) is 19.6 Å². The summed E-state index contributed by atoms with van der Waals surface area (Å²) < 4.78 is 5.31. The zero-order valence-corrected chi connectivity index (χ0v) is 12.8. The van der Waals surface area contributed by atoms with Gasteiger partial charge in [0, 0.05) is 19.6 Å². The van der Waals surface area contributed by atoms with Crippen LogP contribution in [0.1, 0.15) is 33.6 Å². The van der Waals surface area contributed by atoms with Gasteiger partial charge in [-0.25, -0.2) is 10.6 Å². The van der Waals surface area contributed by atoms with Gasteiger partial charge in [0.15, 0.2) is 0 Å². The number of piperidine rings is 1. The van der Waals surface area contributed by atoms with Crippen LogP contribution in [0.2, 0.25) is 0 Å². The van der Waals surface area contributed by atoms with E-state index in [1.54, 1.807) is 10.3 Å². The number of amides is 3. The number of carbonyl (C=O) groups is 3. The quantitative estimate of drug-likeness (QED) is 0.281. The fourth-order valence-electron chi connectivity index (χ4n) is 2.03. The molecule has 0 saturated carbocycles. The summed E-state index contributed by atoms with van der Waals surface area (Å²) in [5.74, 6) is 3.50. The molecule has 21 heavy (non-hydrogen) atoms. The van der Waals surface area contributed by atoms with E-state index in [2.05, 4.69) is 5.32 Å². The van der Waals surface area contributed by atoms with Crippen LogP contribution in [-0.4, -0.2) is 48.0 Å². The number of hydrogen-bond acceptors (Lipinski definition) is 5. The number of carbonyl (C=O) groups excluding carboxylic acids is 3. The summed E-state index contributed by atoms with van der Waals surface area (Å²) in [4.78, 5) is 35.7. The first-order valence-electron chi connectivity index (χ1n) is 6.99. The van der Waals surface area contributed by atoms with E-state index in [1.807, 2.05) is 20.8 Å². The molecule has 0 bridgehead atoms. The highest BCUT2D eigenvalue weighted by Gasteiger charge is 2.27. The molecule has 1 saturated heterocycles. The van der Waals surface area contributed by atoms with Gasteiger partial charge in [-0.3, -0.25) is 15.0 Å². The molecule has 3 amide bonds. The summed E-state index contributed by atoms with van der Waals surface area (Å²) in [5.41, 5.74) is 1.27. The van der Waals surface area contributed by atoms with Crippen LogP contribution in [0.3, 0.4) is 0 Å². The summed E-state index contributed by atoms with van der Waals surface area (Å²) in [6, 6.07) is 0. The van der Waals surface area contributed by atoms with E-state index >= 15 is 0 Å². The Labute approximate surface area is 124 Å². The normalized spacial score (nSPS) is 16.3. The number of rotatable bonds is 2. The molecule has 1 heterocycles. The maximum atomic E-state index is 11.9. The van der Waals surface area contributed by atoms with Gasteiger partial charge in [0.1, 0.15) is 5.60 Å². The molecule has 120 valence electrons. The minimum absolute atomic E-state index is 0.234.